The van der Waals surface area contributed by atoms with Crippen LogP contribution in [0, 0.1) is 0 Å². The quantitative estimate of drug-likeness (QED) is 0.811. The molecule has 7 nitrogen and oxygen atoms in total. The predicted octanol–water partition coefficient (Wildman–Crippen LogP) is 3.71. The van der Waals surface area contributed by atoms with Gasteiger partial charge in [-0.25, -0.2) is 4.79 Å². The second kappa shape index (κ2) is 6.09. The van der Waals surface area contributed by atoms with Crippen molar-refractivity contribution in [2.45, 2.75) is 32.3 Å². The lowest BCUT2D eigenvalue weighted by Crippen LogP contribution is -2.25. The van der Waals surface area contributed by atoms with E-state index >= 15 is 0 Å². The van der Waals surface area contributed by atoms with Gasteiger partial charge in [0.2, 0.25) is 5.91 Å². The zero-order valence-corrected chi connectivity index (χ0v) is 15.3. The third-order valence-corrected chi connectivity index (χ3v) is 5.28. The number of rotatable bonds is 4. The number of nitrogens with zero attached hydrogens (tertiary/aromatic N) is 2. The SMILES string of the molecule is CC(=O)CC[C@H]1CN(c2cc3c4c(c2)Oc2ccccc2N4C(=O)C3)C(=O)O1. The van der Waals surface area contributed by atoms with Crippen LogP contribution in [0.3, 0.4) is 0 Å². The maximum absolute atomic E-state index is 12.6. The molecule has 3 aliphatic rings. The number of amides is 2. The van der Waals surface area contributed by atoms with Gasteiger partial charge in [-0.2, -0.15) is 0 Å². The Balaban J connectivity index is 1.49. The largest absolute Gasteiger partial charge is 0.453 e. The van der Waals surface area contributed by atoms with Gasteiger partial charge in [0.1, 0.15) is 11.9 Å². The highest BCUT2D eigenvalue weighted by molar-refractivity contribution is 6.11. The third kappa shape index (κ3) is 2.54. The smallest absolute Gasteiger partial charge is 0.414 e. The first-order valence-corrected chi connectivity index (χ1v) is 9.25. The summed E-state index contributed by atoms with van der Waals surface area (Å²) in [6, 6.07) is 11.0. The van der Waals surface area contributed by atoms with Gasteiger partial charge < -0.3 is 14.3 Å². The molecular weight excluding hydrogens is 360 g/mol. The number of Topliss-reactive ketones (excluding diaryl/α,β-unsaturated/α-hetero) is 1. The van der Waals surface area contributed by atoms with Crippen LogP contribution in [0.2, 0.25) is 0 Å². The summed E-state index contributed by atoms with van der Waals surface area (Å²) in [4.78, 5) is 39.4. The molecule has 0 N–H and O–H groups in total. The van der Waals surface area contributed by atoms with Crippen molar-refractivity contribution in [2.75, 3.05) is 16.3 Å². The Morgan fingerprint density at radius 1 is 1.18 bits per heavy atom. The molecule has 0 aromatic heterocycles. The van der Waals surface area contributed by atoms with Gasteiger partial charge in [0, 0.05) is 12.5 Å². The van der Waals surface area contributed by atoms with E-state index < -0.39 is 6.09 Å². The van der Waals surface area contributed by atoms with Crippen LogP contribution in [0.4, 0.5) is 21.9 Å². The summed E-state index contributed by atoms with van der Waals surface area (Å²) in [5, 5.41) is 0. The summed E-state index contributed by atoms with van der Waals surface area (Å²) < 4.78 is 11.4. The highest BCUT2D eigenvalue weighted by Crippen LogP contribution is 2.52. The minimum Gasteiger partial charge on any atom is -0.453 e. The number of fused-ring (bicyclic) bond motifs is 2. The van der Waals surface area contributed by atoms with Crippen molar-refractivity contribution < 1.29 is 23.9 Å². The minimum atomic E-state index is -0.446. The average Bonchev–Trinajstić information content (AvgIpc) is 3.20. The number of cyclic esters (lactones) is 1. The Hall–Kier alpha value is -3.35. The molecule has 3 aliphatic heterocycles. The highest BCUT2D eigenvalue weighted by Gasteiger charge is 2.39. The van der Waals surface area contributed by atoms with E-state index in [1.165, 1.54) is 6.92 Å². The predicted molar refractivity (Wildman–Crippen MR) is 101 cm³/mol. The van der Waals surface area contributed by atoms with E-state index in [9.17, 15) is 14.4 Å². The molecule has 0 saturated carbocycles. The molecule has 0 radical (unpaired) electrons. The van der Waals surface area contributed by atoms with Gasteiger partial charge in [0.15, 0.2) is 11.5 Å². The van der Waals surface area contributed by atoms with Crippen molar-refractivity contribution in [3.8, 4) is 11.5 Å². The molecule has 1 fully saturated rings. The van der Waals surface area contributed by atoms with Gasteiger partial charge in [-0.3, -0.25) is 14.6 Å². The number of carbonyl (C=O) groups is 3. The summed E-state index contributed by atoms with van der Waals surface area (Å²) in [7, 11) is 0. The lowest BCUT2D eigenvalue weighted by atomic mass is 10.1. The lowest BCUT2D eigenvalue weighted by Gasteiger charge is -2.28. The van der Waals surface area contributed by atoms with E-state index in [1.807, 2.05) is 30.3 Å². The van der Waals surface area contributed by atoms with E-state index in [0.717, 1.165) is 16.9 Å². The van der Waals surface area contributed by atoms with Crippen LogP contribution >= 0.6 is 0 Å². The molecule has 0 unspecified atom stereocenters. The molecule has 0 spiro atoms. The number of hydrogen-bond acceptors (Lipinski definition) is 5. The average molecular weight is 378 g/mol. The Morgan fingerprint density at radius 3 is 2.82 bits per heavy atom. The van der Waals surface area contributed by atoms with E-state index in [1.54, 1.807) is 15.9 Å². The molecule has 0 bridgehead atoms. The van der Waals surface area contributed by atoms with Crippen molar-refractivity contribution >= 4 is 34.8 Å². The van der Waals surface area contributed by atoms with Crippen LogP contribution in [0.1, 0.15) is 25.3 Å². The fourth-order valence-electron chi connectivity index (χ4n) is 3.99. The maximum Gasteiger partial charge on any atom is 0.414 e. The molecular formula is C21H18N2O5. The Kier molecular flexibility index (Phi) is 3.65. The number of ether oxygens (including phenoxy) is 2. The van der Waals surface area contributed by atoms with Gasteiger partial charge >= 0.3 is 6.09 Å². The summed E-state index contributed by atoms with van der Waals surface area (Å²) in [5.41, 5.74) is 2.94. The van der Waals surface area contributed by atoms with Crippen molar-refractivity contribution in [1.29, 1.82) is 0 Å². The molecule has 28 heavy (non-hydrogen) atoms. The second-order valence-electron chi connectivity index (χ2n) is 7.28. The van der Waals surface area contributed by atoms with Crippen LogP contribution in [0.25, 0.3) is 0 Å². The molecule has 2 amide bonds. The van der Waals surface area contributed by atoms with Gasteiger partial charge in [-0.1, -0.05) is 12.1 Å². The number of carbonyl (C=O) groups excluding carboxylic acids is 3. The maximum atomic E-state index is 12.6. The van der Waals surface area contributed by atoms with Gasteiger partial charge in [-0.05, 0) is 37.1 Å². The lowest BCUT2D eigenvalue weighted by molar-refractivity contribution is -0.118. The van der Waals surface area contributed by atoms with Crippen LogP contribution in [0.15, 0.2) is 36.4 Å². The molecule has 1 atom stereocenters. The van der Waals surface area contributed by atoms with Gasteiger partial charge in [0.05, 0.1) is 30.0 Å². The van der Waals surface area contributed by atoms with Crippen molar-refractivity contribution in [1.82, 2.24) is 0 Å². The number of benzene rings is 2. The zero-order chi connectivity index (χ0) is 19.4. The summed E-state index contributed by atoms with van der Waals surface area (Å²) in [5.74, 6) is 1.21. The Morgan fingerprint density at radius 2 is 2.00 bits per heavy atom. The van der Waals surface area contributed by atoms with Crippen LogP contribution in [0.5, 0.6) is 11.5 Å². The number of hydrogen-bond donors (Lipinski definition) is 0. The summed E-state index contributed by atoms with van der Waals surface area (Å²) >= 11 is 0. The molecule has 2 aromatic rings. The van der Waals surface area contributed by atoms with E-state index in [0.29, 0.717) is 36.6 Å². The molecule has 2 aromatic carbocycles. The Labute approximate surface area is 161 Å². The normalized spacial score (nSPS) is 19.2. The van der Waals surface area contributed by atoms with E-state index in [4.69, 9.17) is 9.47 Å². The first-order chi connectivity index (χ1) is 13.5. The van der Waals surface area contributed by atoms with Crippen molar-refractivity contribution in [3.05, 3.63) is 42.0 Å². The summed E-state index contributed by atoms with van der Waals surface area (Å²) in [6.45, 7) is 1.90. The second-order valence-corrected chi connectivity index (χ2v) is 7.28. The molecule has 7 heteroatoms. The molecule has 1 saturated heterocycles. The topological polar surface area (TPSA) is 76.2 Å². The Bertz CT molecular complexity index is 1030. The van der Waals surface area contributed by atoms with E-state index in [-0.39, 0.29) is 24.2 Å². The standard InChI is InChI=1S/C21H18N2O5/c1-12(24)6-7-15-11-22(21(26)27-15)14-8-13-9-19(25)23-16-4-2-3-5-17(16)28-18(10-14)20(13)23/h2-5,8,10,15H,6-7,9,11H2,1H3/t15-/m0/s1. The minimum absolute atomic E-state index is 0.0208. The zero-order valence-electron chi connectivity index (χ0n) is 15.3. The van der Waals surface area contributed by atoms with Crippen molar-refractivity contribution in [3.63, 3.8) is 0 Å². The summed E-state index contributed by atoms with van der Waals surface area (Å²) in [6.07, 6.45) is 0.375. The van der Waals surface area contributed by atoms with Crippen LogP contribution in [-0.4, -0.2) is 30.4 Å². The van der Waals surface area contributed by atoms with Gasteiger partial charge in [-0.15, -0.1) is 0 Å². The first kappa shape index (κ1) is 16.8. The monoisotopic (exact) mass is 378 g/mol. The molecule has 142 valence electrons. The van der Waals surface area contributed by atoms with Gasteiger partial charge in [0.25, 0.3) is 0 Å². The number of ketones is 1. The molecule has 3 heterocycles. The first-order valence-electron chi connectivity index (χ1n) is 9.25. The number of para-hydroxylation sites is 2. The highest BCUT2D eigenvalue weighted by atomic mass is 16.6. The third-order valence-electron chi connectivity index (χ3n) is 5.28. The molecule has 0 aliphatic carbocycles. The van der Waals surface area contributed by atoms with E-state index in [2.05, 4.69) is 0 Å². The van der Waals surface area contributed by atoms with Crippen LogP contribution in [-0.2, 0) is 20.7 Å². The fourth-order valence-corrected chi connectivity index (χ4v) is 3.99. The van der Waals surface area contributed by atoms with Crippen molar-refractivity contribution in [2.24, 2.45) is 0 Å². The van der Waals surface area contributed by atoms with Crippen LogP contribution < -0.4 is 14.5 Å². The fraction of sp³-hybridized carbons (Fsp3) is 0.286. The molecule has 5 rings (SSSR count). The number of anilines is 3.